The monoisotopic (exact) mass is 198 g/mol. The fourth-order valence-corrected chi connectivity index (χ4v) is 1.14. The van der Waals surface area contributed by atoms with Crippen LogP contribution in [0.15, 0.2) is 18.3 Å². The minimum absolute atomic E-state index is 0.0928. The van der Waals surface area contributed by atoms with Crippen molar-refractivity contribution in [1.82, 2.24) is 10.3 Å². The predicted molar refractivity (Wildman–Crippen MR) is 50.8 cm³/mol. The van der Waals surface area contributed by atoms with Crippen molar-refractivity contribution in [3.63, 3.8) is 0 Å². The van der Waals surface area contributed by atoms with E-state index in [9.17, 15) is 15.3 Å². The summed E-state index contributed by atoms with van der Waals surface area (Å²) in [5.41, 5.74) is 0.0928. The van der Waals surface area contributed by atoms with Crippen molar-refractivity contribution in [2.45, 2.75) is 12.2 Å². The van der Waals surface area contributed by atoms with E-state index in [4.69, 9.17) is 0 Å². The van der Waals surface area contributed by atoms with E-state index in [1.165, 1.54) is 12.3 Å². The van der Waals surface area contributed by atoms with Crippen LogP contribution in [0, 0.1) is 0 Å². The summed E-state index contributed by atoms with van der Waals surface area (Å²) in [5, 5.41) is 31.1. The Morgan fingerprint density at radius 2 is 2.21 bits per heavy atom. The predicted octanol–water partition coefficient (Wildman–Crippen LogP) is -0.599. The Balaban J connectivity index is 2.78. The minimum atomic E-state index is -1.18. The first kappa shape index (κ1) is 10.9. The highest BCUT2D eigenvalue weighted by Gasteiger charge is 2.21. The summed E-state index contributed by atoms with van der Waals surface area (Å²) in [5.74, 6) is -0.116. The van der Waals surface area contributed by atoms with Crippen molar-refractivity contribution in [3.05, 3.63) is 24.0 Å². The molecular weight excluding hydrogens is 184 g/mol. The van der Waals surface area contributed by atoms with Crippen molar-refractivity contribution in [2.24, 2.45) is 0 Å². The second-order valence-electron chi connectivity index (χ2n) is 2.98. The maximum absolute atomic E-state index is 9.59. The van der Waals surface area contributed by atoms with Crippen LogP contribution >= 0.6 is 0 Å². The van der Waals surface area contributed by atoms with Crippen LogP contribution in [0.1, 0.15) is 11.8 Å². The van der Waals surface area contributed by atoms with Crippen LogP contribution in [-0.4, -0.2) is 40.0 Å². The minimum Gasteiger partial charge on any atom is -0.506 e. The molecular formula is C9H14N2O3. The van der Waals surface area contributed by atoms with Crippen LogP contribution in [0.5, 0.6) is 5.75 Å². The zero-order valence-corrected chi connectivity index (χ0v) is 7.88. The van der Waals surface area contributed by atoms with E-state index < -0.39 is 12.2 Å². The maximum Gasteiger partial charge on any atom is 0.139 e. The number of hydrogen-bond donors (Lipinski definition) is 4. The molecule has 0 bridgehead atoms. The zero-order valence-electron chi connectivity index (χ0n) is 7.88. The SMILES string of the molecule is CNCC(O)C(O)c1ncccc1O. The fraction of sp³-hybridized carbons (Fsp3) is 0.444. The Labute approximate surface area is 82.0 Å². The molecule has 0 aliphatic carbocycles. The van der Waals surface area contributed by atoms with Gasteiger partial charge in [0.25, 0.3) is 0 Å². The summed E-state index contributed by atoms with van der Waals surface area (Å²) in [6.45, 7) is 0.233. The van der Waals surface area contributed by atoms with E-state index >= 15 is 0 Å². The Morgan fingerprint density at radius 1 is 1.50 bits per heavy atom. The number of nitrogens with zero attached hydrogens (tertiary/aromatic N) is 1. The number of nitrogens with one attached hydrogen (secondary N) is 1. The molecule has 0 aliphatic heterocycles. The number of pyridine rings is 1. The Kier molecular flexibility index (Phi) is 3.82. The molecule has 5 heteroatoms. The summed E-state index contributed by atoms with van der Waals surface area (Å²) in [6, 6.07) is 2.97. The van der Waals surface area contributed by atoms with Crippen LogP contribution in [0.25, 0.3) is 0 Å². The van der Waals surface area contributed by atoms with Crippen LogP contribution in [0.2, 0.25) is 0 Å². The molecule has 0 aliphatic rings. The number of likely N-dealkylation sites (N-methyl/N-ethyl adjacent to an activating group) is 1. The van der Waals surface area contributed by atoms with Crippen LogP contribution < -0.4 is 5.32 Å². The van der Waals surface area contributed by atoms with Crippen molar-refractivity contribution < 1.29 is 15.3 Å². The number of aliphatic hydroxyl groups is 2. The highest BCUT2D eigenvalue weighted by molar-refractivity contribution is 5.27. The quantitative estimate of drug-likeness (QED) is 0.519. The van der Waals surface area contributed by atoms with Gasteiger partial charge in [0.1, 0.15) is 17.5 Å². The topological polar surface area (TPSA) is 85.6 Å². The summed E-state index contributed by atoms with van der Waals surface area (Å²) >= 11 is 0. The molecule has 1 aromatic rings. The van der Waals surface area contributed by atoms with Gasteiger partial charge in [-0.1, -0.05) is 0 Å². The van der Waals surface area contributed by atoms with Gasteiger partial charge in [0, 0.05) is 12.7 Å². The van der Waals surface area contributed by atoms with Crippen molar-refractivity contribution in [1.29, 1.82) is 0 Å². The van der Waals surface area contributed by atoms with Gasteiger partial charge in [0.15, 0.2) is 0 Å². The molecule has 1 heterocycles. The average molecular weight is 198 g/mol. The largest absolute Gasteiger partial charge is 0.506 e. The van der Waals surface area contributed by atoms with Gasteiger partial charge in [-0.2, -0.15) is 0 Å². The summed E-state index contributed by atoms with van der Waals surface area (Å²) in [4.78, 5) is 3.79. The molecule has 1 rings (SSSR count). The van der Waals surface area contributed by atoms with E-state index in [0.717, 1.165) is 0 Å². The number of hydrogen-bond acceptors (Lipinski definition) is 5. The van der Waals surface area contributed by atoms with E-state index in [0.29, 0.717) is 0 Å². The third-order valence-electron chi connectivity index (χ3n) is 1.87. The molecule has 0 aromatic carbocycles. The first-order valence-electron chi connectivity index (χ1n) is 4.31. The number of aliphatic hydroxyl groups excluding tert-OH is 2. The highest BCUT2D eigenvalue weighted by atomic mass is 16.3. The molecule has 5 nitrogen and oxygen atoms in total. The zero-order chi connectivity index (χ0) is 10.6. The molecule has 0 saturated carbocycles. The van der Waals surface area contributed by atoms with Gasteiger partial charge in [-0.05, 0) is 19.2 Å². The number of aromatic hydroxyl groups is 1. The van der Waals surface area contributed by atoms with Crippen LogP contribution in [0.3, 0.4) is 0 Å². The lowest BCUT2D eigenvalue weighted by molar-refractivity contribution is 0.0162. The van der Waals surface area contributed by atoms with Crippen LogP contribution in [0.4, 0.5) is 0 Å². The fourth-order valence-electron chi connectivity index (χ4n) is 1.14. The Morgan fingerprint density at radius 3 is 2.79 bits per heavy atom. The lowest BCUT2D eigenvalue weighted by atomic mass is 10.1. The van der Waals surface area contributed by atoms with Crippen molar-refractivity contribution in [2.75, 3.05) is 13.6 Å². The van der Waals surface area contributed by atoms with E-state index in [1.807, 2.05) is 0 Å². The van der Waals surface area contributed by atoms with Crippen molar-refractivity contribution >= 4 is 0 Å². The third-order valence-corrected chi connectivity index (χ3v) is 1.87. The van der Waals surface area contributed by atoms with Gasteiger partial charge in [-0.25, -0.2) is 0 Å². The summed E-state index contributed by atoms with van der Waals surface area (Å²) in [6.07, 6.45) is -0.714. The molecule has 78 valence electrons. The lowest BCUT2D eigenvalue weighted by Gasteiger charge is -2.17. The van der Waals surface area contributed by atoms with Gasteiger partial charge in [-0.15, -0.1) is 0 Å². The molecule has 2 atom stereocenters. The molecule has 0 amide bonds. The van der Waals surface area contributed by atoms with Gasteiger partial charge in [-0.3, -0.25) is 4.98 Å². The molecule has 4 N–H and O–H groups in total. The highest BCUT2D eigenvalue weighted by Crippen LogP contribution is 2.22. The number of aromatic nitrogens is 1. The second-order valence-corrected chi connectivity index (χ2v) is 2.98. The Hall–Kier alpha value is -1.17. The second kappa shape index (κ2) is 4.90. The van der Waals surface area contributed by atoms with Gasteiger partial charge in [0.05, 0.1) is 6.10 Å². The van der Waals surface area contributed by atoms with Gasteiger partial charge in [0.2, 0.25) is 0 Å². The smallest absolute Gasteiger partial charge is 0.139 e. The van der Waals surface area contributed by atoms with E-state index in [2.05, 4.69) is 10.3 Å². The third kappa shape index (κ3) is 2.41. The molecule has 0 radical (unpaired) electrons. The summed E-state index contributed by atoms with van der Waals surface area (Å²) in [7, 11) is 1.66. The average Bonchev–Trinajstić information content (AvgIpc) is 2.18. The maximum atomic E-state index is 9.59. The normalized spacial score (nSPS) is 15.1. The van der Waals surface area contributed by atoms with Gasteiger partial charge < -0.3 is 20.6 Å². The van der Waals surface area contributed by atoms with E-state index in [1.54, 1.807) is 13.1 Å². The van der Waals surface area contributed by atoms with Gasteiger partial charge >= 0.3 is 0 Å². The Bertz CT molecular complexity index is 293. The first-order chi connectivity index (χ1) is 6.66. The first-order valence-corrected chi connectivity index (χ1v) is 4.31. The molecule has 0 fully saturated rings. The molecule has 0 spiro atoms. The van der Waals surface area contributed by atoms with Crippen LogP contribution in [-0.2, 0) is 0 Å². The van der Waals surface area contributed by atoms with E-state index in [-0.39, 0.29) is 18.0 Å². The molecule has 0 saturated heterocycles. The summed E-state index contributed by atoms with van der Waals surface area (Å²) < 4.78 is 0. The molecule has 1 aromatic heterocycles. The molecule has 2 unspecified atom stereocenters. The van der Waals surface area contributed by atoms with Crippen molar-refractivity contribution in [3.8, 4) is 5.75 Å². The molecule has 14 heavy (non-hydrogen) atoms. The lowest BCUT2D eigenvalue weighted by Crippen LogP contribution is -2.30. The standard InChI is InChI=1S/C9H14N2O3/c1-10-5-7(13)9(14)8-6(12)3-2-4-11-8/h2-4,7,9-10,12-14H,5H2,1H3. The number of rotatable bonds is 4.